The number of hydrogen-bond acceptors (Lipinski definition) is 5. The van der Waals surface area contributed by atoms with Crippen LogP contribution in [0.3, 0.4) is 0 Å². The molecule has 0 aliphatic heterocycles. The van der Waals surface area contributed by atoms with E-state index in [1.807, 2.05) is 12.1 Å². The summed E-state index contributed by atoms with van der Waals surface area (Å²) in [5.41, 5.74) is 2.30. The number of phenols is 1. The topological polar surface area (TPSA) is 98.7 Å². The van der Waals surface area contributed by atoms with Crippen molar-refractivity contribution in [2.24, 2.45) is 0 Å². The SMILES string of the molecule is O=S(=O)(Nc1ccc(CCNC[C@H](O)c2ccc(O)cc2)cc1)c1ccc(I)cc1. The quantitative estimate of drug-likeness (QED) is 0.246. The van der Waals surface area contributed by atoms with E-state index >= 15 is 0 Å². The van der Waals surface area contributed by atoms with Gasteiger partial charge in [-0.3, -0.25) is 4.72 Å². The Labute approximate surface area is 190 Å². The van der Waals surface area contributed by atoms with Crippen LogP contribution >= 0.6 is 22.6 Å². The van der Waals surface area contributed by atoms with Crippen molar-refractivity contribution < 1.29 is 18.6 Å². The van der Waals surface area contributed by atoms with Gasteiger partial charge in [0.2, 0.25) is 0 Å². The molecule has 0 aliphatic carbocycles. The van der Waals surface area contributed by atoms with E-state index in [0.29, 0.717) is 18.8 Å². The first kappa shape index (κ1) is 22.5. The molecule has 30 heavy (non-hydrogen) atoms. The normalized spacial score (nSPS) is 12.5. The third-order valence-corrected chi connectivity index (χ3v) is 6.65. The summed E-state index contributed by atoms with van der Waals surface area (Å²) in [6.07, 6.45) is 0.0931. The lowest BCUT2D eigenvalue weighted by Crippen LogP contribution is -2.23. The van der Waals surface area contributed by atoms with Gasteiger partial charge in [-0.1, -0.05) is 24.3 Å². The highest BCUT2D eigenvalue weighted by Crippen LogP contribution is 2.18. The number of hydrogen-bond donors (Lipinski definition) is 4. The third kappa shape index (κ3) is 6.43. The van der Waals surface area contributed by atoms with Crippen LogP contribution in [0.15, 0.2) is 77.7 Å². The Morgan fingerprint density at radius 2 is 1.53 bits per heavy atom. The van der Waals surface area contributed by atoms with Crippen LogP contribution in [0.5, 0.6) is 5.75 Å². The van der Waals surface area contributed by atoms with Gasteiger partial charge in [0.1, 0.15) is 5.75 Å². The van der Waals surface area contributed by atoms with Crippen LogP contribution < -0.4 is 10.0 Å². The van der Waals surface area contributed by atoms with Crippen LogP contribution in [-0.4, -0.2) is 31.7 Å². The zero-order valence-corrected chi connectivity index (χ0v) is 19.1. The molecule has 0 saturated carbocycles. The van der Waals surface area contributed by atoms with Gasteiger partial charge in [-0.2, -0.15) is 0 Å². The third-order valence-electron chi connectivity index (χ3n) is 4.54. The molecule has 6 nitrogen and oxygen atoms in total. The van der Waals surface area contributed by atoms with E-state index in [1.165, 1.54) is 0 Å². The van der Waals surface area contributed by atoms with E-state index in [0.717, 1.165) is 21.1 Å². The number of anilines is 1. The molecule has 0 saturated heterocycles. The van der Waals surface area contributed by atoms with Crippen LogP contribution in [0.2, 0.25) is 0 Å². The Balaban J connectivity index is 1.47. The van der Waals surface area contributed by atoms with E-state index in [9.17, 15) is 18.6 Å². The van der Waals surface area contributed by atoms with Crippen LogP contribution in [0.25, 0.3) is 0 Å². The maximum absolute atomic E-state index is 12.4. The van der Waals surface area contributed by atoms with Crippen LogP contribution in [0, 0.1) is 3.57 Å². The molecule has 3 aromatic carbocycles. The predicted octanol–water partition coefficient (Wildman–Crippen LogP) is 3.66. The van der Waals surface area contributed by atoms with Gasteiger partial charge in [0.25, 0.3) is 10.0 Å². The highest BCUT2D eigenvalue weighted by molar-refractivity contribution is 14.1. The molecular formula is C22H23IN2O4S. The predicted molar refractivity (Wildman–Crippen MR) is 126 cm³/mol. The van der Waals surface area contributed by atoms with Crippen molar-refractivity contribution in [2.75, 3.05) is 17.8 Å². The lowest BCUT2D eigenvalue weighted by atomic mass is 10.1. The Bertz CT molecular complexity index is 1050. The summed E-state index contributed by atoms with van der Waals surface area (Å²) in [7, 11) is -3.61. The number of nitrogens with one attached hydrogen (secondary N) is 2. The lowest BCUT2D eigenvalue weighted by Gasteiger charge is -2.13. The summed E-state index contributed by atoms with van der Waals surface area (Å²) in [5, 5.41) is 22.6. The fourth-order valence-electron chi connectivity index (χ4n) is 2.85. The molecule has 0 amide bonds. The number of aliphatic hydroxyl groups is 1. The van der Waals surface area contributed by atoms with E-state index < -0.39 is 16.1 Å². The molecule has 0 heterocycles. The molecule has 3 aromatic rings. The van der Waals surface area contributed by atoms with Crippen molar-refractivity contribution >= 4 is 38.3 Å². The highest BCUT2D eigenvalue weighted by Gasteiger charge is 2.13. The monoisotopic (exact) mass is 538 g/mol. The average Bonchev–Trinajstić information content (AvgIpc) is 2.73. The second-order valence-corrected chi connectivity index (χ2v) is 9.75. The van der Waals surface area contributed by atoms with Crippen molar-refractivity contribution in [1.82, 2.24) is 5.32 Å². The minimum atomic E-state index is -3.61. The first-order valence-electron chi connectivity index (χ1n) is 9.38. The van der Waals surface area contributed by atoms with Crippen molar-refractivity contribution in [3.63, 3.8) is 0 Å². The molecule has 8 heteroatoms. The minimum Gasteiger partial charge on any atom is -0.508 e. The minimum absolute atomic E-state index is 0.170. The van der Waals surface area contributed by atoms with Gasteiger partial charge in [-0.05, 0) is 95.2 Å². The Morgan fingerprint density at radius 3 is 2.17 bits per heavy atom. The largest absolute Gasteiger partial charge is 0.508 e. The number of phenolic OH excluding ortho intramolecular Hbond substituents is 1. The maximum Gasteiger partial charge on any atom is 0.261 e. The summed E-state index contributed by atoms with van der Waals surface area (Å²) >= 11 is 2.13. The van der Waals surface area contributed by atoms with Gasteiger partial charge < -0.3 is 15.5 Å². The molecule has 0 bridgehead atoms. The van der Waals surface area contributed by atoms with E-state index in [1.54, 1.807) is 60.7 Å². The fourth-order valence-corrected chi connectivity index (χ4v) is 4.27. The second-order valence-electron chi connectivity index (χ2n) is 6.82. The first-order chi connectivity index (χ1) is 14.3. The standard InChI is InChI=1S/C22H23IN2O4S/c23-18-5-11-21(12-6-18)30(28,29)25-19-7-1-16(2-8-19)13-14-24-15-22(27)17-3-9-20(26)10-4-17/h1-12,22,24-27H,13-15H2/t22-/m0/s1. The number of aliphatic hydroxyl groups excluding tert-OH is 1. The fraction of sp³-hybridized carbons (Fsp3) is 0.182. The molecule has 3 rings (SSSR count). The Kier molecular flexibility index (Phi) is 7.70. The molecule has 0 aromatic heterocycles. The molecule has 0 aliphatic rings. The van der Waals surface area contributed by atoms with Crippen molar-refractivity contribution in [3.8, 4) is 5.75 Å². The lowest BCUT2D eigenvalue weighted by molar-refractivity contribution is 0.175. The summed E-state index contributed by atoms with van der Waals surface area (Å²) in [5.74, 6) is 0.170. The number of rotatable bonds is 9. The zero-order valence-electron chi connectivity index (χ0n) is 16.1. The Hall–Kier alpha value is -2.14. The summed E-state index contributed by atoms with van der Waals surface area (Å²) < 4.78 is 28.5. The van der Waals surface area contributed by atoms with E-state index in [-0.39, 0.29) is 10.6 Å². The molecule has 0 spiro atoms. The molecular weight excluding hydrogens is 515 g/mol. The smallest absolute Gasteiger partial charge is 0.261 e. The molecule has 4 N–H and O–H groups in total. The van der Waals surface area contributed by atoms with Crippen LogP contribution in [0.4, 0.5) is 5.69 Å². The molecule has 0 fully saturated rings. The molecule has 158 valence electrons. The van der Waals surface area contributed by atoms with Gasteiger partial charge in [0.15, 0.2) is 0 Å². The number of aromatic hydroxyl groups is 1. The highest BCUT2D eigenvalue weighted by atomic mass is 127. The van der Waals surface area contributed by atoms with Gasteiger partial charge in [-0.25, -0.2) is 8.42 Å². The van der Waals surface area contributed by atoms with Gasteiger partial charge in [-0.15, -0.1) is 0 Å². The van der Waals surface area contributed by atoms with E-state index in [4.69, 9.17) is 0 Å². The van der Waals surface area contributed by atoms with Crippen molar-refractivity contribution in [2.45, 2.75) is 17.4 Å². The summed E-state index contributed by atoms with van der Waals surface area (Å²) in [6.45, 7) is 1.07. The molecule has 0 unspecified atom stereocenters. The van der Waals surface area contributed by atoms with Crippen LogP contribution in [0.1, 0.15) is 17.2 Å². The van der Waals surface area contributed by atoms with Gasteiger partial charge in [0, 0.05) is 15.8 Å². The van der Waals surface area contributed by atoms with Crippen molar-refractivity contribution in [1.29, 1.82) is 0 Å². The van der Waals surface area contributed by atoms with E-state index in [2.05, 4.69) is 32.6 Å². The molecule has 0 radical (unpaired) electrons. The summed E-state index contributed by atoms with van der Waals surface area (Å²) in [6, 6.07) is 20.4. The average molecular weight is 538 g/mol. The number of benzene rings is 3. The molecule has 1 atom stereocenters. The van der Waals surface area contributed by atoms with Gasteiger partial charge >= 0.3 is 0 Å². The zero-order chi connectivity index (χ0) is 21.6. The Morgan fingerprint density at radius 1 is 0.900 bits per heavy atom. The summed E-state index contributed by atoms with van der Waals surface area (Å²) in [4.78, 5) is 0.225. The second kappa shape index (κ2) is 10.3. The first-order valence-corrected chi connectivity index (χ1v) is 11.9. The maximum atomic E-state index is 12.4. The van der Waals surface area contributed by atoms with Crippen molar-refractivity contribution in [3.05, 3.63) is 87.5 Å². The van der Waals surface area contributed by atoms with Crippen LogP contribution in [-0.2, 0) is 16.4 Å². The van der Waals surface area contributed by atoms with Gasteiger partial charge in [0.05, 0.1) is 11.0 Å². The number of sulfonamides is 1. The number of halogens is 1.